The van der Waals surface area contributed by atoms with Crippen LogP contribution in [-0.4, -0.2) is 5.11 Å². The number of rotatable bonds is 2. The summed E-state index contributed by atoms with van der Waals surface area (Å²) < 4.78 is 6.46. The summed E-state index contributed by atoms with van der Waals surface area (Å²) in [6, 6.07) is 13.2. The van der Waals surface area contributed by atoms with Gasteiger partial charge in [-0.05, 0) is 47.1 Å². The molecule has 20 heavy (non-hydrogen) atoms. The first-order valence-electron chi connectivity index (χ1n) is 6.18. The lowest BCUT2D eigenvalue weighted by Gasteiger charge is -2.10. The number of halogens is 2. The van der Waals surface area contributed by atoms with Crippen molar-refractivity contribution < 1.29 is 9.52 Å². The maximum absolute atomic E-state index is 10.5. The molecule has 1 heterocycles. The van der Waals surface area contributed by atoms with Crippen LogP contribution in [0.5, 0.6) is 0 Å². The van der Waals surface area contributed by atoms with Gasteiger partial charge in [0.05, 0.1) is 5.02 Å². The van der Waals surface area contributed by atoms with Gasteiger partial charge in [0.15, 0.2) is 0 Å². The number of hydrogen-bond acceptors (Lipinski definition) is 2. The van der Waals surface area contributed by atoms with Gasteiger partial charge in [-0.15, -0.1) is 0 Å². The average Bonchev–Trinajstić information content (AvgIpc) is 2.84. The molecule has 3 rings (SSSR count). The summed E-state index contributed by atoms with van der Waals surface area (Å²) in [4.78, 5) is 0. The van der Waals surface area contributed by atoms with Crippen LogP contribution < -0.4 is 0 Å². The predicted molar refractivity (Wildman–Crippen MR) is 84.2 cm³/mol. The van der Waals surface area contributed by atoms with E-state index in [4.69, 9.17) is 16.0 Å². The van der Waals surface area contributed by atoms with E-state index in [0.717, 1.165) is 21.0 Å². The molecule has 0 aliphatic rings. The standard InChI is InChI=1S/C16H12BrClO2/c1-9-5-6-13-10(7-9)8-14(20-13)16(19)11-3-2-4-12(17)15(11)18/h2-8,16,19H,1H3. The minimum Gasteiger partial charge on any atom is -0.458 e. The number of benzene rings is 2. The number of hydrogen-bond donors (Lipinski definition) is 1. The van der Waals surface area contributed by atoms with Crippen LogP contribution in [-0.2, 0) is 0 Å². The van der Waals surface area contributed by atoms with Crippen molar-refractivity contribution in [1.82, 2.24) is 0 Å². The fourth-order valence-electron chi connectivity index (χ4n) is 2.20. The van der Waals surface area contributed by atoms with Crippen LogP contribution >= 0.6 is 27.5 Å². The third-order valence-corrected chi connectivity index (χ3v) is 4.55. The minimum absolute atomic E-state index is 0.491. The molecule has 0 aliphatic carbocycles. The van der Waals surface area contributed by atoms with Gasteiger partial charge in [0, 0.05) is 15.4 Å². The summed E-state index contributed by atoms with van der Waals surface area (Å²) in [5.41, 5.74) is 2.53. The van der Waals surface area contributed by atoms with Gasteiger partial charge in [0.2, 0.25) is 0 Å². The molecule has 1 atom stereocenters. The Morgan fingerprint density at radius 3 is 2.80 bits per heavy atom. The van der Waals surface area contributed by atoms with Crippen molar-refractivity contribution in [3.05, 3.63) is 68.8 Å². The number of furan rings is 1. The Morgan fingerprint density at radius 1 is 1.20 bits per heavy atom. The molecule has 3 aromatic rings. The van der Waals surface area contributed by atoms with Crippen LogP contribution in [0.4, 0.5) is 0 Å². The Bertz CT molecular complexity index is 779. The van der Waals surface area contributed by atoms with Crippen molar-refractivity contribution in [3.8, 4) is 0 Å². The second-order valence-electron chi connectivity index (χ2n) is 4.74. The minimum atomic E-state index is -0.882. The SMILES string of the molecule is Cc1ccc2oc(C(O)c3cccc(Br)c3Cl)cc2c1. The van der Waals surface area contributed by atoms with Crippen molar-refractivity contribution in [2.24, 2.45) is 0 Å². The zero-order valence-electron chi connectivity index (χ0n) is 10.7. The lowest BCUT2D eigenvalue weighted by atomic mass is 10.1. The Labute approximate surface area is 130 Å². The van der Waals surface area contributed by atoms with E-state index in [-0.39, 0.29) is 0 Å². The molecule has 0 spiro atoms. The maximum Gasteiger partial charge on any atom is 0.138 e. The van der Waals surface area contributed by atoms with Crippen LogP contribution in [0.25, 0.3) is 11.0 Å². The quantitative estimate of drug-likeness (QED) is 0.685. The summed E-state index contributed by atoms with van der Waals surface area (Å²) in [5.74, 6) is 0.491. The molecule has 2 aromatic carbocycles. The molecule has 0 fully saturated rings. The van der Waals surface area contributed by atoms with E-state index in [0.29, 0.717) is 16.3 Å². The molecular weight excluding hydrogens is 340 g/mol. The van der Waals surface area contributed by atoms with Gasteiger partial charge < -0.3 is 9.52 Å². The highest BCUT2D eigenvalue weighted by molar-refractivity contribution is 9.10. The molecule has 2 nitrogen and oxygen atoms in total. The summed E-state index contributed by atoms with van der Waals surface area (Å²) >= 11 is 9.57. The lowest BCUT2D eigenvalue weighted by Crippen LogP contribution is -1.99. The highest BCUT2D eigenvalue weighted by Gasteiger charge is 2.19. The molecule has 1 aromatic heterocycles. The molecule has 0 saturated heterocycles. The van der Waals surface area contributed by atoms with Crippen LogP contribution in [0.2, 0.25) is 5.02 Å². The lowest BCUT2D eigenvalue weighted by molar-refractivity contribution is 0.192. The van der Waals surface area contributed by atoms with Gasteiger partial charge in [-0.1, -0.05) is 35.4 Å². The first-order chi connectivity index (χ1) is 9.56. The fourth-order valence-corrected chi connectivity index (χ4v) is 2.81. The third kappa shape index (κ3) is 2.37. The van der Waals surface area contributed by atoms with Crippen molar-refractivity contribution in [2.45, 2.75) is 13.0 Å². The molecular formula is C16H12BrClO2. The smallest absolute Gasteiger partial charge is 0.138 e. The Balaban J connectivity index is 2.08. The maximum atomic E-state index is 10.5. The molecule has 0 saturated carbocycles. The summed E-state index contributed by atoms with van der Waals surface area (Å²) in [6.45, 7) is 2.02. The van der Waals surface area contributed by atoms with Gasteiger partial charge in [0.25, 0.3) is 0 Å². The zero-order chi connectivity index (χ0) is 14.3. The van der Waals surface area contributed by atoms with E-state index in [1.54, 1.807) is 6.07 Å². The number of aliphatic hydroxyl groups excluding tert-OH is 1. The van der Waals surface area contributed by atoms with E-state index in [1.165, 1.54) is 0 Å². The topological polar surface area (TPSA) is 33.4 Å². The van der Waals surface area contributed by atoms with E-state index < -0.39 is 6.10 Å². The predicted octanol–water partition coefficient (Wildman–Crippen LogP) is 5.24. The summed E-state index contributed by atoms with van der Waals surface area (Å²) in [6.07, 6.45) is -0.882. The van der Waals surface area contributed by atoms with Crippen molar-refractivity contribution in [1.29, 1.82) is 0 Å². The normalized spacial score (nSPS) is 12.8. The molecule has 102 valence electrons. The van der Waals surface area contributed by atoms with Crippen molar-refractivity contribution in [3.63, 3.8) is 0 Å². The second kappa shape index (κ2) is 5.24. The highest BCUT2D eigenvalue weighted by Crippen LogP contribution is 2.35. The highest BCUT2D eigenvalue weighted by atomic mass is 79.9. The van der Waals surface area contributed by atoms with Crippen LogP contribution in [0.15, 0.2) is 51.4 Å². The van der Waals surface area contributed by atoms with Gasteiger partial charge in [-0.25, -0.2) is 0 Å². The van der Waals surface area contributed by atoms with Crippen LogP contribution in [0, 0.1) is 6.92 Å². The Kier molecular flexibility index (Phi) is 3.59. The van der Waals surface area contributed by atoms with Gasteiger partial charge in [-0.2, -0.15) is 0 Å². The first kappa shape index (κ1) is 13.7. The Morgan fingerprint density at radius 2 is 2.00 bits per heavy atom. The van der Waals surface area contributed by atoms with Gasteiger partial charge in [0.1, 0.15) is 17.4 Å². The van der Waals surface area contributed by atoms with E-state index >= 15 is 0 Å². The van der Waals surface area contributed by atoms with Gasteiger partial charge >= 0.3 is 0 Å². The number of aliphatic hydroxyl groups is 1. The molecule has 0 bridgehead atoms. The molecule has 0 radical (unpaired) electrons. The molecule has 4 heteroatoms. The van der Waals surface area contributed by atoms with E-state index in [2.05, 4.69) is 15.9 Å². The summed E-state index contributed by atoms with van der Waals surface area (Å²) in [7, 11) is 0. The third-order valence-electron chi connectivity index (χ3n) is 3.24. The Hall–Kier alpha value is -1.29. The molecule has 0 amide bonds. The monoisotopic (exact) mass is 350 g/mol. The van der Waals surface area contributed by atoms with Crippen molar-refractivity contribution in [2.75, 3.05) is 0 Å². The van der Waals surface area contributed by atoms with E-state index in [9.17, 15) is 5.11 Å². The average molecular weight is 352 g/mol. The van der Waals surface area contributed by atoms with Crippen LogP contribution in [0.1, 0.15) is 23.0 Å². The molecule has 1 N–H and O–H groups in total. The number of aryl methyl sites for hydroxylation is 1. The fraction of sp³-hybridized carbons (Fsp3) is 0.125. The van der Waals surface area contributed by atoms with Crippen molar-refractivity contribution >= 4 is 38.5 Å². The zero-order valence-corrected chi connectivity index (χ0v) is 13.1. The van der Waals surface area contributed by atoms with Gasteiger partial charge in [-0.3, -0.25) is 0 Å². The molecule has 0 aliphatic heterocycles. The first-order valence-corrected chi connectivity index (χ1v) is 7.35. The number of fused-ring (bicyclic) bond motifs is 1. The van der Waals surface area contributed by atoms with Crippen LogP contribution in [0.3, 0.4) is 0 Å². The summed E-state index contributed by atoms with van der Waals surface area (Å²) in [5, 5.41) is 11.9. The molecule has 1 unspecified atom stereocenters. The second-order valence-corrected chi connectivity index (χ2v) is 5.97. The van der Waals surface area contributed by atoms with E-state index in [1.807, 2.05) is 43.3 Å². The largest absolute Gasteiger partial charge is 0.458 e.